The van der Waals surface area contributed by atoms with Crippen molar-refractivity contribution in [3.8, 4) is 0 Å². The zero-order chi connectivity index (χ0) is 11.0. The Labute approximate surface area is 104 Å². The third-order valence-electron chi connectivity index (χ3n) is 3.05. The van der Waals surface area contributed by atoms with Gasteiger partial charge in [0.1, 0.15) is 0 Å². The van der Waals surface area contributed by atoms with Gasteiger partial charge in [-0.3, -0.25) is 4.68 Å². The topological polar surface area (TPSA) is 17.8 Å². The molecule has 1 aliphatic carbocycles. The van der Waals surface area contributed by atoms with Crippen molar-refractivity contribution in [2.24, 2.45) is 13.0 Å². The highest BCUT2D eigenvalue weighted by Crippen LogP contribution is 2.39. The van der Waals surface area contributed by atoms with Crippen LogP contribution in [0.25, 0.3) is 0 Å². The third-order valence-corrected chi connectivity index (χ3v) is 4.75. The summed E-state index contributed by atoms with van der Waals surface area (Å²) in [6, 6.07) is 0. The van der Waals surface area contributed by atoms with E-state index in [2.05, 4.69) is 21.0 Å². The molecule has 0 spiro atoms. The molecule has 2 nitrogen and oxygen atoms in total. The molecule has 1 atom stereocenters. The zero-order valence-electron chi connectivity index (χ0n) is 9.13. The average Bonchev–Trinajstić information content (AvgIpc) is 2.96. The SMILES string of the molecule is Cc1nn(C)c(CCC(Br)C2CC2)c1Cl. The Morgan fingerprint density at radius 3 is 2.73 bits per heavy atom. The molecule has 0 bridgehead atoms. The summed E-state index contributed by atoms with van der Waals surface area (Å²) < 4.78 is 1.91. The van der Waals surface area contributed by atoms with Crippen LogP contribution in [0.15, 0.2) is 0 Å². The second-order valence-electron chi connectivity index (χ2n) is 4.36. The van der Waals surface area contributed by atoms with Gasteiger partial charge >= 0.3 is 0 Å². The molecule has 0 aromatic carbocycles. The minimum absolute atomic E-state index is 0.656. The van der Waals surface area contributed by atoms with Gasteiger partial charge in [-0.1, -0.05) is 27.5 Å². The largest absolute Gasteiger partial charge is 0.271 e. The molecule has 0 radical (unpaired) electrons. The van der Waals surface area contributed by atoms with E-state index in [-0.39, 0.29) is 0 Å². The highest BCUT2D eigenvalue weighted by molar-refractivity contribution is 9.09. The maximum absolute atomic E-state index is 6.19. The van der Waals surface area contributed by atoms with Crippen LogP contribution in [0.1, 0.15) is 30.7 Å². The molecular weight excluding hydrogens is 275 g/mol. The van der Waals surface area contributed by atoms with E-state index in [1.54, 1.807) is 0 Å². The molecule has 0 N–H and O–H groups in total. The smallest absolute Gasteiger partial charge is 0.0846 e. The van der Waals surface area contributed by atoms with Crippen LogP contribution in [0.5, 0.6) is 0 Å². The van der Waals surface area contributed by atoms with Crippen molar-refractivity contribution >= 4 is 27.5 Å². The van der Waals surface area contributed by atoms with Gasteiger partial charge in [0.25, 0.3) is 0 Å². The lowest BCUT2D eigenvalue weighted by molar-refractivity contribution is 0.644. The van der Waals surface area contributed by atoms with Crippen molar-refractivity contribution in [3.05, 3.63) is 16.4 Å². The second kappa shape index (κ2) is 4.46. The fourth-order valence-corrected chi connectivity index (χ4v) is 2.93. The van der Waals surface area contributed by atoms with Crippen LogP contribution in [-0.2, 0) is 13.5 Å². The lowest BCUT2D eigenvalue weighted by atomic mass is 10.1. The van der Waals surface area contributed by atoms with Gasteiger partial charge in [-0.15, -0.1) is 0 Å². The van der Waals surface area contributed by atoms with Crippen LogP contribution in [0, 0.1) is 12.8 Å². The Kier molecular flexibility index (Phi) is 3.41. The molecule has 1 aromatic heterocycles. The van der Waals surface area contributed by atoms with Gasteiger partial charge in [-0.25, -0.2) is 0 Å². The van der Waals surface area contributed by atoms with Gasteiger partial charge in [0.2, 0.25) is 0 Å². The van der Waals surface area contributed by atoms with Crippen molar-refractivity contribution in [1.82, 2.24) is 9.78 Å². The number of aromatic nitrogens is 2. The van der Waals surface area contributed by atoms with Crippen molar-refractivity contribution in [3.63, 3.8) is 0 Å². The number of aryl methyl sites for hydroxylation is 2. The monoisotopic (exact) mass is 290 g/mol. The zero-order valence-corrected chi connectivity index (χ0v) is 11.5. The van der Waals surface area contributed by atoms with Crippen molar-refractivity contribution in [2.45, 2.75) is 37.4 Å². The molecule has 0 aliphatic heterocycles. The van der Waals surface area contributed by atoms with Crippen molar-refractivity contribution < 1.29 is 0 Å². The Morgan fingerprint density at radius 2 is 2.27 bits per heavy atom. The Balaban J connectivity index is 1.97. The molecule has 4 heteroatoms. The first-order chi connectivity index (χ1) is 7.09. The lowest BCUT2D eigenvalue weighted by Gasteiger charge is -2.08. The number of nitrogens with zero attached hydrogens (tertiary/aromatic N) is 2. The van der Waals surface area contributed by atoms with Gasteiger partial charge < -0.3 is 0 Å². The van der Waals surface area contributed by atoms with E-state index in [4.69, 9.17) is 11.6 Å². The maximum Gasteiger partial charge on any atom is 0.0846 e. The molecule has 1 unspecified atom stereocenters. The van der Waals surface area contributed by atoms with E-state index in [0.29, 0.717) is 4.83 Å². The van der Waals surface area contributed by atoms with Gasteiger partial charge in [-0.05, 0) is 38.5 Å². The Hall–Kier alpha value is -0.0200. The van der Waals surface area contributed by atoms with Gasteiger partial charge in [0, 0.05) is 11.9 Å². The molecule has 84 valence electrons. The first kappa shape index (κ1) is 11.5. The molecule has 1 aliphatic rings. The van der Waals surface area contributed by atoms with E-state index in [0.717, 1.165) is 29.5 Å². The van der Waals surface area contributed by atoms with Crippen LogP contribution in [0.3, 0.4) is 0 Å². The normalized spacial score (nSPS) is 18.1. The van der Waals surface area contributed by atoms with Crippen LogP contribution >= 0.6 is 27.5 Å². The fourth-order valence-electron chi connectivity index (χ4n) is 1.92. The summed E-state index contributed by atoms with van der Waals surface area (Å²) in [5, 5.41) is 5.16. The molecule has 15 heavy (non-hydrogen) atoms. The molecule has 0 amide bonds. The first-order valence-corrected chi connectivity index (χ1v) is 6.71. The number of rotatable bonds is 4. The predicted octanol–water partition coefficient (Wildman–Crippen LogP) is 3.49. The molecule has 1 heterocycles. The molecule has 0 saturated heterocycles. The van der Waals surface area contributed by atoms with Crippen LogP contribution in [-0.4, -0.2) is 14.6 Å². The maximum atomic E-state index is 6.19. The number of hydrogen-bond donors (Lipinski definition) is 0. The Bertz CT molecular complexity index is 358. The average molecular weight is 292 g/mol. The van der Waals surface area contributed by atoms with Gasteiger partial charge in [0.15, 0.2) is 0 Å². The summed E-state index contributed by atoms with van der Waals surface area (Å²) in [4.78, 5) is 0.656. The summed E-state index contributed by atoms with van der Waals surface area (Å²) >= 11 is 9.94. The van der Waals surface area contributed by atoms with Crippen LogP contribution in [0.2, 0.25) is 5.02 Å². The number of hydrogen-bond acceptors (Lipinski definition) is 1. The molecular formula is C11H16BrClN2. The van der Waals surface area contributed by atoms with Crippen LogP contribution < -0.4 is 0 Å². The summed E-state index contributed by atoms with van der Waals surface area (Å²) in [6.45, 7) is 1.96. The molecule has 1 aromatic rings. The highest BCUT2D eigenvalue weighted by Gasteiger charge is 2.29. The molecule has 1 fully saturated rings. The minimum Gasteiger partial charge on any atom is -0.271 e. The molecule has 2 rings (SSSR count). The summed E-state index contributed by atoms with van der Waals surface area (Å²) in [7, 11) is 1.97. The standard InChI is InChI=1S/C11H16BrClN2/c1-7-11(13)10(15(2)14-7)6-5-9(12)8-3-4-8/h8-9H,3-6H2,1-2H3. The van der Waals surface area contributed by atoms with Crippen molar-refractivity contribution in [2.75, 3.05) is 0 Å². The van der Waals surface area contributed by atoms with E-state index in [9.17, 15) is 0 Å². The van der Waals surface area contributed by atoms with E-state index in [1.165, 1.54) is 18.5 Å². The van der Waals surface area contributed by atoms with E-state index in [1.807, 2.05) is 18.7 Å². The molecule has 1 saturated carbocycles. The van der Waals surface area contributed by atoms with E-state index >= 15 is 0 Å². The number of halogens is 2. The number of alkyl halides is 1. The quantitative estimate of drug-likeness (QED) is 0.777. The minimum atomic E-state index is 0.656. The fraction of sp³-hybridized carbons (Fsp3) is 0.727. The van der Waals surface area contributed by atoms with Gasteiger partial charge in [-0.2, -0.15) is 5.10 Å². The first-order valence-electron chi connectivity index (χ1n) is 5.41. The summed E-state index contributed by atoms with van der Waals surface area (Å²) in [5.41, 5.74) is 2.10. The highest BCUT2D eigenvalue weighted by atomic mass is 79.9. The predicted molar refractivity (Wildman–Crippen MR) is 66.7 cm³/mol. The second-order valence-corrected chi connectivity index (χ2v) is 5.92. The Morgan fingerprint density at radius 1 is 1.60 bits per heavy atom. The van der Waals surface area contributed by atoms with Gasteiger partial charge in [0.05, 0.1) is 16.4 Å². The van der Waals surface area contributed by atoms with Crippen LogP contribution in [0.4, 0.5) is 0 Å². The third kappa shape index (κ3) is 2.56. The van der Waals surface area contributed by atoms with Crippen molar-refractivity contribution in [1.29, 1.82) is 0 Å². The van der Waals surface area contributed by atoms with E-state index < -0.39 is 0 Å². The lowest BCUT2D eigenvalue weighted by Crippen LogP contribution is -2.05. The summed E-state index contributed by atoms with van der Waals surface area (Å²) in [6.07, 6.45) is 4.94. The summed E-state index contributed by atoms with van der Waals surface area (Å²) in [5.74, 6) is 0.901.